The number of benzene rings is 1. The van der Waals surface area contributed by atoms with Gasteiger partial charge < -0.3 is 14.9 Å². The topological polar surface area (TPSA) is 43.8 Å². The fourth-order valence-corrected chi connectivity index (χ4v) is 2.51. The van der Waals surface area contributed by atoms with Crippen LogP contribution >= 0.6 is 0 Å². The molecule has 5 heteroatoms. The molecule has 1 heterocycles. The molecule has 1 fully saturated rings. The van der Waals surface area contributed by atoms with Crippen molar-refractivity contribution in [2.45, 2.75) is 19.4 Å². The highest BCUT2D eigenvalue weighted by Crippen LogP contribution is 2.22. The molecule has 0 radical (unpaired) electrons. The first kappa shape index (κ1) is 13.8. The van der Waals surface area contributed by atoms with E-state index < -0.39 is 5.82 Å². The first-order chi connectivity index (χ1) is 8.99. The van der Waals surface area contributed by atoms with E-state index in [1.807, 2.05) is 14.0 Å². The van der Waals surface area contributed by atoms with Crippen LogP contribution < -0.4 is 0 Å². The maximum Gasteiger partial charge on any atom is 0.258 e. The molecule has 1 unspecified atom stereocenters. The number of halogens is 1. The van der Waals surface area contributed by atoms with E-state index in [1.165, 1.54) is 6.07 Å². The van der Waals surface area contributed by atoms with Crippen LogP contribution in [0.3, 0.4) is 0 Å². The Morgan fingerprint density at radius 1 is 1.42 bits per heavy atom. The normalized spacial score (nSPS) is 21.2. The van der Waals surface area contributed by atoms with Gasteiger partial charge in [-0.05, 0) is 45.1 Å². The largest absolute Gasteiger partial charge is 0.507 e. The van der Waals surface area contributed by atoms with E-state index in [-0.39, 0.29) is 23.3 Å². The number of carbonyl (C=O) groups is 1. The molecule has 0 bridgehead atoms. The molecule has 0 saturated carbocycles. The lowest BCUT2D eigenvalue weighted by Gasteiger charge is -2.28. The molecule has 4 nitrogen and oxygen atoms in total. The fraction of sp³-hybridized carbons (Fsp3) is 0.500. The van der Waals surface area contributed by atoms with E-state index >= 15 is 0 Å². The first-order valence-electron chi connectivity index (χ1n) is 6.47. The Hall–Kier alpha value is -1.62. The van der Waals surface area contributed by atoms with Crippen LogP contribution in [-0.4, -0.2) is 53.5 Å². The van der Waals surface area contributed by atoms with Crippen molar-refractivity contribution >= 4 is 5.91 Å². The van der Waals surface area contributed by atoms with Gasteiger partial charge in [-0.25, -0.2) is 4.39 Å². The average molecular weight is 266 g/mol. The number of aromatic hydroxyl groups is 1. The standard InChI is InChI=1S/C14H19FN2O2/c1-10-9-16(2)6-3-7-17(10)14(19)12-8-11(15)4-5-13(12)18/h4-5,8,10,18H,3,6-7,9H2,1-2H3. The first-order valence-corrected chi connectivity index (χ1v) is 6.47. The second-order valence-corrected chi connectivity index (χ2v) is 5.12. The number of likely N-dealkylation sites (N-methyl/N-ethyl adjacent to an activating group) is 1. The number of phenolic OH excluding ortho intramolecular Hbond substituents is 1. The molecule has 0 aromatic heterocycles. The average Bonchev–Trinajstić information content (AvgIpc) is 2.52. The quantitative estimate of drug-likeness (QED) is 0.841. The number of hydrogen-bond acceptors (Lipinski definition) is 3. The van der Waals surface area contributed by atoms with Crippen molar-refractivity contribution in [2.75, 3.05) is 26.7 Å². The molecule has 1 aliphatic rings. The van der Waals surface area contributed by atoms with Crippen molar-refractivity contribution in [2.24, 2.45) is 0 Å². The van der Waals surface area contributed by atoms with Gasteiger partial charge in [-0.1, -0.05) is 0 Å². The highest BCUT2D eigenvalue weighted by atomic mass is 19.1. The Bertz CT molecular complexity index is 479. The van der Waals surface area contributed by atoms with Gasteiger partial charge in [-0.15, -0.1) is 0 Å². The summed E-state index contributed by atoms with van der Waals surface area (Å²) in [5, 5.41) is 9.72. The second kappa shape index (κ2) is 5.57. The molecule has 104 valence electrons. The summed E-state index contributed by atoms with van der Waals surface area (Å²) in [5.74, 6) is -0.989. The van der Waals surface area contributed by atoms with Crippen molar-refractivity contribution in [3.8, 4) is 5.75 Å². The van der Waals surface area contributed by atoms with Gasteiger partial charge in [-0.2, -0.15) is 0 Å². The molecule has 0 aliphatic carbocycles. The van der Waals surface area contributed by atoms with Crippen LogP contribution in [0.15, 0.2) is 18.2 Å². The molecule has 1 aromatic rings. The molecule has 1 amide bonds. The molecule has 1 aliphatic heterocycles. The van der Waals surface area contributed by atoms with Gasteiger partial charge in [0.1, 0.15) is 11.6 Å². The zero-order valence-electron chi connectivity index (χ0n) is 11.3. The van der Waals surface area contributed by atoms with Gasteiger partial charge in [0.05, 0.1) is 5.56 Å². The highest BCUT2D eigenvalue weighted by Gasteiger charge is 2.26. The summed E-state index contributed by atoms with van der Waals surface area (Å²) >= 11 is 0. The number of amides is 1. The Labute approximate surface area is 112 Å². The van der Waals surface area contributed by atoms with Crippen LogP contribution in [0.4, 0.5) is 4.39 Å². The summed E-state index contributed by atoms with van der Waals surface area (Å²) in [6, 6.07) is 3.50. The summed E-state index contributed by atoms with van der Waals surface area (Å²) in [5.41, 5.74) is 0.0383. The van der Waals surface area contributed by atoms with Gasteiger partial charge in [0.2, 0.25) is 0 Å². The minimum Gasteiger partial charge on any atom is -0.507 e. The lowest BCUT2D eigenvalue weighted by molar-refractivity contribution is 0.0693. The summed E-state index contributed by atoms with van der Waals surface area (Å²) in [7, 11) is 2.02. The van der Waals surface area contributed by atoms with E-state index in [1.54, 1.807) is 4.90 Å². The Morgan fingerprint density at radius 3 is 2.89 bits per heavy atom. The van der Waals surface area contributed by atoms with E-state index in [0.717, 1.165) is 31.6 Å². The monoisotopic (exact) mass is 266 g/mol. The van der Waals surface area contributed by atoms with Gasteiger partial charge in [-0.3, -0.25) is 4.79 Å². The van der Waals surface area contributed by atoms with Crippen LogP contribution in [0.2, 0.25) is 0 Å². The SMILES string of the molecule is CC1CN(C)CCCN1C(=O)c1cc(F)ccc1O. The minimum atomic E-state index is -0.513. The van der Waals surface area contributed by atoms with Crippen molar-refractivity contribution in [3.05, 3.63) is 29.6 Å². The molecule has 1 atom stereocenters. The second-order valence-electron chi connectivity index (χ2n) is 5.12. The van der Waals surface area contributed by atoms with Crippen molar-refractivity contribution in [1.29, 1.82) is 0 Å². The van der Waals surface area contributed by atoms with Crippen LogP contribution in [0.25, 0.3) is 0 Å². The Kier molecular flexibility index (Phi) is 4.04. The summed E-state index contributed by atoms with van der Waals surface area (Å²) in [6.45, 7) is 4.31. The Balaban J connectivity index is 2.25. The van der Waals surface area contributed by atoms with E-state index in [4.69, 9.17) is 0 Å². The summed E-state index contributed by atoms with van der Waals surface area (Å²) in [4.78, 5) is 16.3. The summed E-state index contributed by atoms with van der Waals surface area (Å²) < 4.78 is 13.2. The van der Waals surface area contributed by atoms with Crippen LogP contribution in [0.1, 0.15) is 23.7 Å². The maximum absolute atomic E-state index is 13.2. The smallest absolute Gasteiger partial charge is 0.258 e. The van der Waals surface area contributed by atoms with Gasteiger partial charge in [0, 0.05) is 19.1 Å². The zero-order valence-corrected chi connectivity index (χ0v) is 11.3. The number of nitrogens with zero attached hydrogens (tertiary/aromatic N) is 2. The number of carbonyl (C=O) groups excluding carboxylic acids is 1. The zero-order chi connectivity index (χ0) is 14.0. The third-order valence-electron chi connectivity index (χ3n) is 3.50. The molecule has 0 spiro atoms. The van der Waals surface area contributed by atoms with Crippen LogP contribution in [-0.2, 0) is 0 Å². The van der Waals surface area contributed by atoms with Crippen molar-refractivity contribution in [1.82, 2.24) is 9.80 Å². The molecule has 19 heavy (non-hydrogen) atoms. The summed E-state index contributed by atoms with van der Waals surface area (Å²) in [6.07, 6.45) is 0.878. The predicted molar refractivity (Wildman–Crippen MR) is 70.7 cm³/mol. The van der Waals surface area contributed by atoms with Crippen molar-refractivity contribution in [3.63, 3.8) is 0 Å². The van der Waals surface area contributed by atoms with Crippen LogP contribution in [0.5, 0.6) is 5.75 Å². The fourth-order valence-electron chi connectivity index (χ4n) is 2.51. The highest BCUT2D eigenvalue weighted by molar-refractivity contribution is 5.97. The molecule has 1 aromatic carbocycles. The molecule has 1 saturated heterocycles. The molecule has 2 rings (SSSR count). The lowest BCUT2D eigenvalue weighted by atomic mass is 10.1. The van der Waals surface area contributed by atoms with Crippen molar-refractivity contribution < 1.29 is 14.3 Å². The Morgan fingerprint density at radius 2 is 2.16 bits per heavy atom. The number of rotatable bonds is 1. The maximum atomic E-state index is 13.2. The van der Waals surface area contributed by atoms with Gasteiger partial charge >= 0.3 is 0 Å². The molecule has 1 N–H and O–H groups in total. The van der Waals surface area contributed by atoms with E-state index in [9.17, 15) is 14.3 Å². The molecular formula is C14H19FN2O2. The van der Waals surface area contributed by atoms with Crippen LogP contribution in [0, 0.1) is 5.82 Å². The predicted octanol–water partition coefficient (Wildman–Crippen LogP) is 1.70. The van der Waals surface area contributed by atoms with E-state index in [0.29, 0.717) is 6.54 Å². The lowest BCUT2D eigenvalue weighted by Crippen LogP contribution is -2.42. The van der Waals surface area contributed by atoms with E-state index in [2.05, 4.69) is 4.90 Å². The third-order valence-corrected chi connectivity index (χ3v) is 3.50. The number of phenols is 1. The number of hydrogen-bond donors (Lipinski definition) is 1. The van der Waals surface area contributed by atoms with Gasteiger partial charge in [0.15, 0.2) is 0 Å². The third kappa shape index (κ3) is 3.04. The minimum absolute atomic E-state index is 0.0383. The van der Waals surface area contributed by atoms with Gasteiger partial charge in [0.25, 0.3) is 5.91 Å². The molecular weight excluding hydrogens is 247 g/mol.